The number of anilines is 1. The first-order valence-electron chi connectivity index (χ1n) is 4.86. The van der Waals surface area contributed by atoms with Gasteiger partial charge < -0.3 is 15.8 Å². The minimum atomic E-state index is -0.816. The van der Waals surface area contributed by atoms with Gasteiger partial charge in [-0.1, -0.05) is 12.1 Å². The highest BCUT2D eigenvalue weighted by atomic mass is 79.9. The number of H-pyrrole nitrogens is 1. The summed E-state index contributed by atoms with van der Waals surface area (Å²) in [4.78, 5) is 13.6. The van der Waals surface area contributed by atoms with E-state index in [1.165, 1.54) is 0 Å². The zero-order chi connectivity index (χ0) is 11.7. The minimum Gasteiger partial charge on any atom is -0.481 e. The van der Waals surface area contributed by atoms with E-state index in [0.717, 1.165) is 20.9 Å². The van der Waals surface area contributed by atoms with E-state index in [1.54, 1.807) is 0 Å². The number of carbonyl (C=O) groups is 1. The second-order valence-electron chi connectivity index (χ2n) is 3.57. The van der Waals surface area contributed by atoms with E-state index in [9.17, 15) is 4.79 Å². The number of nitrogen functional groups attached to an aromatic ring is 1. The molecule has 4 N–H and O–H groups in total. The lowest BCUT2D eigenvalue weighted by atomic mass is 10.1. The first-order valence-corrected chi connectivity index (χ1v) is 5.65. The Morgan fingerprint density at radius 3 is 2.94 bits per heavy atom. The molecule has 5 heteroatoms. The monoisotopic (exact) mass is 282 g/mol. The summed E-state index contributed by atoms with van der Waals surface area (Å²) in [5, 5.41) is 9.65. The number of nitrogens with one attached hydrogen (secondary N) is 1. The van der Waals surface area contributed by atoms with Gasteiger partial charge in [-0.15, -0.1) is 0 Å². The Balaban J connectivity index is 2.48. The molecule has 16 heavy (non-hydrogen) atoms. The Hall–Kier alpha value is -1.49. The van der Waals surface area contributed by atoms with E-state index in [-0.39, 0.29) is 6.42 Å². The van der Waals surface area contributed by atoms with Gasteiger partial charge in [0.15, 0.2) is 0 Å². The van der Waals surface area contributed by atoms with Crippen LogP contribution in [0.5, 0.6) is 0 Å². The molecule has 0 aliphatic heterocycles. The van der Waals surface area contributed by atoms with Crippen molar-refractivity contribution in [3.63, 3.8) is 0 Å². The summed E-state index contributed by atoms with van der Waals surface area (Å²) >= 11 is 3.42. The Morgan fingerprint density at radius 1 is 1.50 bits per heavy atom. The maximum absolute atomic E-state index is 10.5. The second kappa shape index (κ2) is 4.17. The van der Waals surface area contributed by atoms with Crippen LogP contribution in [0.25, 0.3) is 10.9 Å². The molecule has 0 amide bonds. The highest BCUT2D eigenvalue weighted by Gasteiger charge is 2.11. The molecular weight excluding hydrogens is 272 g/mol. The third-order valence-corrected chi connectivity index (χ3v) is 3.17. The lowest BCUT2D eigenvalue weighted by Crippen LogP contribution is -1.99. The fourth-order valence-corrected chi connectivity index (χ4v) is 2.22. The van der Waals surface area contributed by atoms with Crippen LogP contribution in [-0.4, -0.2) is 16.1 Å². The molecule has 0 radical (unpaired) electrons. The summed E-state index contributed by atoms with van der Waals surface area (Å²) in [7, 11) is 0. The third kappa shape index (κ3) is 1.90. The van der Waals surface area contributed by atoms with Crippen molar-refractivity contribution in [2.24, 2.45) is 0 Å². The van der Waals surface area contributed by atoms with Crippen molar-refractivity contribution in [3.8, 4) is 0 Å². The second-order valence-corrected chi connectivity index (χ2v) is 4.43. The predicted molar refractivity (Wildman–Crippen MR) is 66.4 cm³/mol. The Bertz CT molecular complexity index is 548. The van der Waals surface area contributed by atoms with Gasteiger partial charge in [0.2, 0.25) is 0 Å². The van der Waals surface area contributed by atoms with Crippen LogP contribution in [0, 0.1) is 0 Å². The standard InChI is InChI=1S/C11H11BrN2O2/c12-8-3-1-2-6-7(4-5-9(15)16)11(13)14-10(6)8/h1-3,14H,4-5,13H2,(H,15,16). The first-order chi connectivity index (χ1) is 7.59. The summed E-state index contributed by atoms with van der Waals surface area (Å²) in [5.74, 6) is -0.271. The van der Waals surface area contributed by atoms with Crippen LogP contribution in [0.3, 0.4) is 0 Å². The normalized spacial score (nSPS) is 10.8. The number of halogens is 1. The van der Waals surface area contributed by atoms with Crippen LogP contribution in [0.15, 0.2) is 22.7 Å². The number of aromatic amines is 1. The molecule has 1 aromatic carbocycles. The van der Waals surface area contributed by atoms with Gasteiger partial charge in [-0.3, -0.25) is 4.79 Å². The zero-order valence-corrected chi connectivity index (χ0v) is 10.0. The van der Waals surface area contributed by atoms with E-state index >= 15 is 0 Å². The smallest absolute Gasteiger partial charge is 0.303 e. The van der Waals surface area contributed by atoms with E-state index in [4.69, 9.17) is 10.8 Å². The highest BCUT2D eigenvalue weighted by Crippen LogP contribution is 2.30. The van der Waals surface area contributed by atoms with Crippen LogP contribution < -0.4 is 5.73 Å². The summed E-state index contributed by atoms with van der Waals surface area (Å²) in [6.45, 7) is 0. The number of hydrogen-bond acceptors (Lipinski definition) is 2. The fraction of sp³-hybridized carbons (Fsp3) is 0.182. The van der Waals surface area contributed by atoms with Crippen LogP contribution >= 0.6 is 15.9 Å². The van der Waals surface area contributed by atoms with Gasteiger partial charge >= 0.3 is 5.97 Å². The van der Waals surface area contributed by atoms with Gasteiger partial charge in [0.25, 0.3) is 0 Å². The maximum Gasteiger partial charge on any atom is 0.303 e. The van der Waals surface area contributed by atoms with Crippen molar-refractivity contribution in [3.05, 3.63) is 28.2 Å². The molecule has 0 aliphatic carbocycles. The number of aromatic nitrogens is 1. The maximum atomic E-state index is 10.5. The van der Waals surface area contributed by atoms with Gasteiger partial charge in [-0.25, -0.2) is 0 Å². The SMILES string of the molecule is Nc1[nH]c2c(Br)cccc2c1CCC(=O)O. The summed E-state index contributed by atoms with van der Waals surface area (Å²) in [5.41, 5.74) is 7.63. The minimum absolute atomic E-state index is 0.0870. The lowest BCUT2D eigenvalue weighted by molar-refractivity contribution is -0.136. The van der Waals surface area contributed by atoms with Crippen molar-refractivity contribution in [1.29, 1.82) is 0 Å². The topological polar surface area (TPSA) is 79.1 Å². The molecule has 0 bridgehead atoms. The zero-order valence-electron chi connectivity index (χ0n) is 8.46. The molecule has 0 aliphatic rings. The number of benzene rings is 1. The van der Waals surface area contributed by atoms with E-state index in [0.29, 0.717) is 12.2 Å². The molecule has 0 saturated carbocycles. The number of hydrogen-bond donors (Lipinski definition) is 3. The van der Waals surface area contributed by atoms with Gasteiger partial charge in [0.05, 0.1) is 5.52 Å². The first kappa shape index (κ1) is 11.0. The molecule has 0 spiro atoms. The van der Waals surface area contributed by atoms with Crippen LogP contribution in [-0.2, 0) is 11.2 Å². The van der Waals surface area contributed by atoms with Crippen molar-refractivity contribution in [1.82, 2.24) is 4.98 Å². The summed E-state index contributed by atoms with van der Waals surface area (Å²) in [6.07, 6.45) is 0.529. The molecule has 2 aromatic rings. The van der Waals surface area contributed by atoms with Crippen LogP contribution in [0.2, 0.25) is 0 Å². The fourth-order valence-electron chi connectivity index (χ4n) is 1.76. The molecule has 4 nitrogen and oxygen atoms in total. The third-order valence-electron chi connectivity index (χ3n) is 2.51. The number of aliphatic carboxylic acids is 1. The molecule has 0 fully saturated rings. The van der Waals surface area contributed by atoms with Gasteiger partial charge in [0, 0.05) is 21.8 Å². The summed E-state index contributed by atoms with van der Waals surface area (Å²) < 4.78 is 0.929. The number of rotatable bonds is 3. The van der Waals surface area contributed by atoms with Crippen molar-refractivity contribution < 1.29 is 9.90 Å². The van der Waals surface area contributed by atoms with Crippen molar-refractivity contribution in [2.75, 3.05) is 5.73 Å². The molecule has 1 aromatic heterocycles. The molecule has 2 rings (SSSR count). The van der Waals surface area contributed by atoms with Crippen LogP contribution in [0.1, 0.15) is 12.0 Å². The van der Waals surface area contributed by atoms with Crippen molar-refractivity contribution in [2.45, 2.75) is 12.8 Å². The number of carboxylic acid groups (broad SMARTS) is 1. The van der Waals surface area contributed by atoms with Crippen molar-refractivity contribution >= 4 is 38.6 Å². The average molecular weight is 283 g/mol. The lowest BCUT2D eigenvalue weighted by Gasteiger charge is -1.98. The number of nitrogens with two attached hydrogens (primary N) is 1. The van der Waals surface area contributed by atoms with E-state index in [2.05, 4.69) is 20.9 Å². The quantitative estimate of drug-likeness (QED) is 0.809. The largest absolute Gasteiger partial charge is 0.481 e. The number of fused-ring (bicyclic) bond motifs is 1. The molecule has 0 saturated heterocycles. The molecule has 0 atom stereocenters. The molecule has 1 heterocycles. The van der Waals surface area contributed by atoms with E-state index in [1.807, 2.05) is 18.2 Å². The average Bonchev–Trinajstić information content (AvgIpc) is 2.53. The molecule has 84 valence electrons. The molecule has 0 unspecified atom stereocenters. The Labute approximate surface area is 101 Å². The molecular formula is C11H11BrN2O2. The van der Waals surface area contributed by atoms with Crippen LogP contribution in [0.4, 0.5) is 5.82 Å². The van der Waals surface area contributed by atoms with E-state index < -0.39 is 5.97 Å². The highest BCUT2D eigenvalue weighted by molar-refractivity contribution is 9.10. The Morgan fingerprint density at radius 2 is 2.25 bits per heavy atom. The number of aryl methyl sites for hydroxylation is 1. The summed E-state index contributed by atoms with van der Waals surface area (Å²) in [6, 6.07) is 5.76. The van der Waals surface area contributed by atoms with Gasteiger partial charge in [-0.2, -0.15) is 0 Å². The predicted octanol–water partition coefficient (Wildman–Crippen LogP) is 2.53. The number of carboxylic acids is 1. The van der Waals surface area contributed by atoms with Gasteiger partial charge in [0.1, 0.15) is 5.82 Å². The Kier molecular flexibility index (Phi) is 2.87. The number of para-hydroxylation sites is 1. The van der Waals surface area contributed by atoms with Gasteiger partial charge in [-0.05, 0) is 28.4 Å².